The predicted octanol–water partition coefficient (Wildman–Crippen LogP) is 2.77. The molecule has 0 spiro atoms. The van der Waals surface area contributed by atoms with Crippen molar-refractivity contribution in [3.05, 3.63) is 35.0 Å². The molecule has 0 aliphatic rings. The molecule has 2 aromatic rings. The van der Waals surface area contributed by atoms with E-state index in [1.165, 1.54) is 6.20 Å². The molecule has 0 radical (unpaired) electrons. The molecule has 0 amide bonds. The standard InChI is InChI=1S/C12H13ClN4O/c1-3-9-10(5-4-7(2)16-9)18-11-8(14)6-15-12(13)17-11/h4-6H,3,14H2,1-2H3. The van der Waals surface area contributed by atoms with Gasteiger partial charge in [-0.1, -0.05) is 6.92 Å². The molecule has 18 heavy (non-hydrogen) atoms. The van der Waals surface area contributed by atoms with Crippen LogP contribution in [0.25, 0.3) is 0 Å². The number of anilines is 1. The molecule has 0 unspecified atom stereocenters. The summed E-state index contributed by atoms with van der Waals surface area (Å²) in [5.41, 5.74) is 7.85. The highest BCUT2D eigenvalue weighted by Gasteiger charge is 2.10. The largest absolute Gasteiger partial charge is 0.435 e. The maximum Gasteiger partial charge on any atom is 0.247 e. The van der Waals surface area contributed by atoms with Crippen LogP contribution in [-0.4, -0.2) is 15.0 Å². The van der Waals surface area contributed by atoms with E-state index >= 15 is 0 Å². The van der Waals surface area contributed by atoms with Gasteiger partial charge in [0.2, 0.25) is 11.2 Å². The second-order valence-corrected chi connectivity index (χ2v) is 4.09. The van der Waals surface area contributed by atoms with Gasteiger partial charge in [0, 0.05) is 5.69 Å². The van der Waals surface area contributed by atoms with Crippen LogP contribution >= 0.6 is 11.6 Å². The summed E-state index contributed by atoms with van der Waals surface area (Å²) in [5, 5.41) is 0.0947. The molecule has 2 aromatic heterocycles. The lowest BCUT2D eigenvalue weighted by Gasteiger charge is -2.10. The van der Waals surface area contributed by atoms with Crippen molar-refractivity contribution in [2.75, 3.05) is 5.73 Å². The monoisotopic (exact) mass is 264 g/mol. The van der Waals surface area contributed by atoms with Gasteiger partial charge in [0.1, 0.15) is 5.69 Å². The third-order valence-electron chi connectivity index (χ3n) is 2.36. The molecule has 0 bridgehead atoms. The summed E-state index contributed by atoms with van der Waals surface area (Å²) in [7, 11) is 0. The summed E-state index contributed by atoms with van der Waals surface area (Å²) in [6, 6.07) is 3.71. The van der Waals surface area contributed by atoms with Gasteiger partial charge in [0.05, 0.1) is 11.9 Å². The Morgan fingerprint density at radius 3 is 2.83 bits per heavy atom. The van der Waals surface area contributed by atoms with Crippen molar-refractivity contribution in [3.63, 3.8) is 0 Å². The second kappa shape index (κ2) is 5.18. The molecule has 2 heterocycles. The SMILES string of the molecule is CCc1nc(C)ccc1Oc1nc(Cl)ncc1N. The Labute approximate surface area is 110 Å². The number of nitrogens with two attached hydrogens (primary N) is 1. The van der Waals surface area contributed by atoms with Crippen LogP contribution in [0.15, 0.2) is 18.3 Å². The van der Waals surface area contributed by atoms with Crippen molar-refractivity contribution in [2.45, 2.75) is 20.3 Å². The highest BCUT2D eigenvalue weighted by atomic mass is 35.5. The van der Waals surface area contributed by atoms with E-state index in [0.717, 1.165) is 17.8 Å². The molecule has 0 aliphatic carbocycles. The molecule has 94 valence electrons. The van der Waals surface area contributed by atoms with Gasteiger partial charge < -0.3 is 10.5 Å². The Hall–Kier alpha value is -1.88. The molecule has 0 aromatic carbocycles. The van der Waals surface area contributed by atoms with Gasteiger partial charge in [0.25, 0.3) is 0 Å². The van der Waals surface area contributed by atoms with Crippen LogP contribution < -0.4 is 10.5 Å². The maximum absolute atomic E-state index is 5.73. The van der Waals surface area contributed by atoms with E-state index in [-0.39, 0.29) is 11.2 Å². The van der Waals surface area contributed by atoms with Crippen molar-refractivity contribution >= 4 is 17.3 Å². The van der Waals surface area contributed by atoms with E-state index in [1.54, 1.807) is 0 Å². The topological polar surface area (TPSA) is 73.9 Å². The number of nitrogen functional groups attached to an aromatic ring is 1. The van der Waals surface area contributed by atoms with Crippen molar-refractivity contribution in [2.24, 2.45) is 0 Å². The summed E-state index contributed by atoms with van der Waals surface area (Å²) in [5.74, 6) is 0.875. The highest BCUT2D eigenvalue weighted by Crippen LogP contribution is 2.27. The minimum Gasteiger partial charge on any atom is -0.435 e. The van der Waals surface area contributed by atoms with Crippen LogP contribution in [0.3, 0.4) is 0 Å². The van der Waals surface area contributed by atoms with E-state index < -0.39 is 0 Å². The van der Waals surface area contributed by atoms with Crippen LogP contribution in [0.4, 0.5) is 5.69 Å². The molecule has 0 aliphatic heterocycles. The van der Waals surface area contributed by atoms with Crippen LogP contribution in [-0.2, 0) is 6.42 Å². The van der Waals surface area contributed by atoms with Gasteiger partial charge in [-0.25, -0.2) is 4.98 Å². The number of halogens is 1. The van der Waals surface area contributed by atoms with Gasteiger partial charge in [-0.05, 0) is 37.1 Å². The van der Waals surface area contributed by atoms with Gasteiger partial charge in [0.15, 0.2) is 5.75 Å². The zero-order chi connectivity index (χ0) is 13.1. The first kappa shape index (κ1) is 12.6. The zero-order valence-electron chi connectivity index (χ0n) is 10.1. The van der Waals surface area contributed by atoms with E-state index in [1.807, 2.05) is 26.0 Å². The molecule has 2 N–H and O–H groups in total. The fourth-order valence-electron chi connectivity index (χ4n) is 1.49. The van der Waals surface area contributed by atoms with E-state index in [0.29, 0.717) is 11.4 Å². The lowest BCUT2D eigenvalue weighted by molar-refractivity contribution is 0.455. The lowest BCUT2D eigenvalue weighted by atomic mass is 10.2. The summed E-state index contributed by atoms with van der Waals surface area (Å²) in [6.45, 7) is 3.93. The number of hydrogen-bond acceptors (Lipinski definition) is 5. The fraction of sp³-hybridized carbons (Fsp3) is 0.250. The van der Waals surface area contributed by atoms with Gasteiger partial charge in [-0.2, -0.15) is 4.98 Å². The molecule has 0 fully saturated rings. The molecule has 5 nitrogen and oxygen atoms in total. The molecular weight excluding hydrogens is 252 g/mol. The molecule has 2 rings (SSSR count). The number of nitrogens with zero attached hydrogens (tertiary/aromatic N) is 3. The summed E-state index contributed by atoms with van der Waals surface area (Å²) in [6.07, 6.45) is 2.17. The van der Waals surface area contributed by atoms with Gasteiger partial charge in [-0.3, -0.25) is 4.98 Å². The lowest BCUT2D eigenvalue weighted by Crippen LogP contribution is -2.00. The number of ether oxygens (including phenoxy) is 1. The molecule has 0 atom stereocenters. The number of aromatic nitrogens is 3. The Bertz CT molecular complexity index is 574. The van der Waals surface area contributed by atoms with Crippen molar-refractivity contribution in [1.82, 2.24) is 15.0 Å². The van der Waals surface area contributed by atoms with Crippen molar-refractivity contribution in [1.29, 1.82) is 0 Å². The Morgan fingerprint density at radius 2 is 2.11 bits per heavy atom. The maximum atomic E-state index is 5.73. The van der Waals surface area contributed by atoms with E-state index in [4.69, 9.17) is 22.1 Å². The normalized spacial score (nSPS) is 10.4. The highest BCUT2D eigenvalue weighted by molar-refractivity contribution is 6.28. The molecule has 0 saturated carbocycles. The zero-order valence-corrected chi connectivity index (χ0v) is 10.9. The summed E-state index contributed by atoms with van der Waals surface area (Å²) < 4.78 is 5.64. The van der Waals surface area contributed by atoms with Crippen LogP contribution in [0.1, 0.15) is 18.3 Å². The molecule has 6 heteroatoms. The molecule has 0 saturated heterocycles. The first-order chi connectivity index (χ1) is 8.60. The minimum atomic E-state index is 0.0947. The van der Waals surface area contributed by atoms with Crippen LogP contribution in [0, 0.1) is 6.92 Å². The fourth-order valence-corrected chi connectivity index (χ4v) is 1.61. The Morgan fingerprint density at radius 1 is 1.33 bits per heavy atom. The average molecular weight is 265 g/mol. The Kier molecular flexibility index (Phi) is 3.62. The van der Waals surface area contributed by atoms with Crippen LogP contribution in [0.5, 0.6) is 11.6 Å². The molecular formula is C12H13ClN4O. The van der Waals surface area contributed by atoms with Crippen molar-refractivity contribution in [3.8, 4) is 11.6 Å². The summed E-state index contributed by atoms with van der Waals surface area (Å²) in [4.78, 5) is 12.1. The summed E-state index contributed by atoms with van der Waals surface area (Å²) >= 11 is 5.71. The smallest absolute Gasteiger partial charge is 0.247 e. The van der Waals surface area contributed by atoms with Crippen LogP contribution in [0.2, 0.25) is 5.28 Å². The number of rotatable bonds is 3. The average Bonchev–Trinajstić information content (AvgIpc) is 2.36. The van der Waals surface area contributed by atoms with Gasteiger partial charge >= 0.3 is 0 Å². The predicted molar refractivity (Wildman–Crippen MR) is 69.9 cm³/mol. The number of aryl methyl sites for hydroxylation is 2. The minimum absolute atomic E-state index is 0.0947. The first-order valence-corrected chi connectivity index (χ1v) is 5.90. The number of hydrogen-bond donors (Lipinski definition) is 1. The third-order valence-corrected chi connectivity index (χ3v) is 2.55. The number of pyridine rings is 1. The van der Waals surface area contributed by atoms with E-state index in [9.17, 15) is 0 Å². The quantitative estimate of drug-likeness (QED) is 0.863. The second-order valence-electron chi connectivity index (χ2n) is 3.75. The Balaban J connectivity index is 2.36. The first-order valence-electron chi connectivity index (χ1n) is 5.52. The van der Waals surface area contributed by atoms with E-state index in [2.05, 4.69) is 15.0 Å². The third kappa shape index (κ3) is 2.68. The van der Waals surface area contributed by atoms with Crippen molar-refractivity contribution < 1.29 is 4.74 Å². The van der Waals surface area contributed by atoms with Gasteiger partial charge in [-0.15, -0.1) is 0 Å².